The monoisotopic (exact) mass is 268 g/mol. The average Bonchev–Trinajstić information content (AvgIpc) is 2.35. The molecule has 3 nitrogen and oxygen atoms in total. The molecule has 0 unspecified atom stereocenters. The van der Waals surface area contributed by atoms with Gasteiger partial charge >= 0.3 is 0 Å². The third kappa shape index (κ3) is 5.05. The molecule has 0 aliphatic rings. The maximum Gasteiger partial charge on any atom is 0.252 e. The van der Waals surface area contributed by atoms with Gasteiger partial charge in [-0.3, -0.25) is 9.78 Å². The highest BCUT2D eigenvalue weighted by Gasteiger charge is 2.18. The number of alkyl halides is 1. The number of pyridine rings is 1. The normalized spacial score (nSPS) is 11.3. The smallest absolute Gasteiger partial charge is 0.252 e. The molecule has 4 heteroatoms. The molecule has 0 aliphatic carbocycles. The van der Waals surface area contributed by atoms with Crippen LogP contribution in [0.1, 0.15) is 42.7 Å². The summed E-state index contributed by atoms with van der Waals surface area (Å²) in [6.45, 7) is 6.81. The molecule has 0 saturated carbocycles. The number of aromatic nitrogens is 1. The SMILES string of the molecule is Cc1ccc(C(=O)NCC(C)(C)CCCCl)cn1. The van der Waals surface area contributed by atoms with Crippen molar-refractivity contribution in [3.05, 3.63) is 29.6 Å². The number of hydrogen-bond acceptors (Lipinski definition) is 2. The first-order valence-corrected chi connectivity index (χ1v) is 6.75. The minimum absolute atomic E-state index is 0.0681. The average molecular weight is 269 g/mol. The first-order valence-electron chi connectivity index (χ1n) is 6.21. The van der Waals surface area contributed by atoms with Crippen molar-refractivity contribution < 1.29 is 4.79 Å². The Bertz CT molecular complexity index is 387. The van der Waals surface area contributed by atoms with Crippen molar-refractivity contribution in [3.63, 3.8) is 0 Å². The van der Waals surface area contributed by atoms with Crippen molar-refractivity contribution >= 4 is 17.5 Å². The van der Waals surface area contributed by atoms with Crippen molar-refractivity contribution in [2.45, 2.75) is 33.6 Å². The van der Waals surface area contributed by atoms with Crippen molar-refractivity contribution in [2.75, 3.05) is 12.4 Å². The summed E-state index contributed by atoms with van der Waals surface area (Å²) < 4.78 is 0. The minimum atomic E-state index is -0.0681. The Labute approximate surface area is 114 Å². The van der Waals surface area contributed by atoms with E-state index in [1.54, 1.807) is 12.3 Å². The van der Waals surface area contributed by atoms with E-state index in [4.69, 9.17) is 11.6 Å². The summed E-state index contributed by atoms with van der Waals surface area (Å²) >= 11 is 5.69. The van der Waals surface area contributed by atoms with Gasteiger partial charge in [0.05, 0.1) is 5.56 Å². The molecule has 0 fully saturated rings. The summed E-state index contributed by atoms with van der Waals surface area (Å²) in [5.74, 6) is 0.598. The molecule has 1 aromatic heterocycles. The van der Waals surface area contributed by atoms with Crippen LogP contribution in [0.5, 0.6) is 0 Å². The zero-order valence-corrected chi connectivity index (χ0v) is 12.0. The molecule has 18 heavy (non-hydrogen) atoms. The Morgan fingerprint density at radius 2 is 2.17 bits per heavy atom. The third-order valence-corrected chi connectivity index (χ3v) is 3.16. The van der Waals surface area contributed by atoms with E-state index in [0.717, 1.165) is 18.5 Å². The number of rotatable bonds is 6. The van der Waals surface area contributed by atoms with Gasteiger partial charge in [-0.25, -0.2) is 0 Å². The molecular formula is C14H21ClN2O. The summed E-state index contributed by atoms with van der Waals surface area (Å²) in [6, 6.07) is 3.64. The standard InChI is InChI=1S/C14H21ClN2O/c1-11-5-6-12(9-16-11)13(18)17-10-14(2,3)7-4-8-15/h5-6,9H,4,7-8,10H2,1-3H3,(H,17,18). The molecule has 0 aromatic carbocycles. The molecule has 1 amide bonds. The van der Waals surface area contributed by atoms with Crippen molar-refractivity contribution in [3.8, 4) is 0 Å². The van der Waals surface area contributed by atoms with Gasteiger partial charge in [0.2, 0.25) is 0 Å². The lowest BCUT2D eigenvalue weighted by Crippen LogP contribution is -2.34. The molecular weight excluding hydrogens is 248 g/mol. The van der Waals surface area contributed by atoms with Crippen LogP contribution < -0.4 is 5.32 Å². The van der Waals surface area contributed by atoms with Gasteiger partial charge < -0.3 is 5.32 Å². The van der Waals surface area contributed by atoms with Crippen LogP contribution >= 0.6 is 11.6 Å². The molecule has 0 aliphatic heterocycles. The molecule has 1 rings (SSSR count). The number of hydrogen-bond donors (Lipinski definition) is 1. The molecule has 0 saturated heterocycles. The highest BCUT2D eigenvalue weighted by molar-refractivity contribution is 6.17. The van der Waals surface area contributed by atoms with Gasteiger partial charge in [-0.2, -0.15) is 0 Å². The maximum atomic E-state index is 11.9. The zero-order chi connectivity index (χ0) is 13.6. The lowest BCUT2D eigenvalue weighted by Gasteiger charge is -2.24. The molecule has 1 N–H and O–H groups in total. The topological polar surface area (TPSA) is 42.0 Å². The van der Waals surface area contributed by atoms with Gasteiger partial charge in [-0.1, -0.05) is 13.8 Å². The quantitative estimate of drug-likeness (QED) is 0.806. The number of amides is 1. The molecule has 0 radical (unpaired) electrons. The summed E-state index contributed by atoms with van der Waals surface area (Å²) in [4.78, 5) is 16.0. The van der Waals surface area contributed by atoms with Gasteiger partial charge in [0.25, 0.3) is 5.91 Å². The van der Waals surface area contributed by atoms with Crippen LogP contribution in [-0.2, 0) is 0 Å². The van der Waals surface area contributed by atoms with Crippen LogP contribution in [0, 0.1) is 12.3 Å². The fraction of sp³-hybridized carbons (Fsp3) is 0.571. The molecule has 1 aromatic rings. The van der Waals surface area contributed by atoms with Crippen LogP contribution in [0.2, 0.25) is 0 Å². The largest absolute Gasteiger partial charge is 0.351 e. The highest BCUT2D eigenvalue weighted by Crippen LogP contribution is 2.21. The third-order valence-electron chi connectivity index (χ3n) is 2.89. The predicted molar refractivity (Wildman–Crippen MR) is 75.0 cm³/mol. The Hall–Kier alpha value is -1.09. The van der Waals surface area contributed by atoms with E-state index in [-0.39, 0.29) is 11.3 Å². The number of aryl methyl sites for hydroxylation is 1. The van der Waals surface area contributed by atoms with Gasteiger partial charge in [0.15, 0.2) is 0 Å². The van der Waals surface area contributed by atoms with Crippen LogP contribution in [0.25, 0.3) is 0 Å². The molecule has 0 bridgehead atoms. The van der Waals surface area contributed by atoms with Crippen molar-refractivity contribution in [2.24, 2.45) is 5.41 Å². The molecule has 0 spiro atoms. The second kappa shape index (κ2) is 6.74. The predicted octanol–water partition coefficient (Wildman–Crippen LogP) is 3.17. The lowest BCUT2D eigenvalue weighted by molar-refractivity contribution is 0.0934. The van der Waals surface area contributed by atoms with E-state index in [1.807, 2.05) is 13.0 Å². The number of halogens is 1. The van der Waals surface area contributed by atoms with E-state index in [0.29, 0.717) is 18.0 Å². The van der Waals surface area contributed by atoms with Crippen molar-refractivity contribution in [1.82, 2.24) is 10.3 Å². The van der Waals surface area contributed by atoms with Gasteiger partial charge in [-0.05, 0) is 37.3 Å². The summed E-state index contributed by atoms with van der Waals surface area (Å²) in [5, 5.41) is 2.95. The van der Waals surface area contributed by atoms with E-state index in [2.05, 4.69) is 24.1 Å². The van der Waals surface area contributed by atoms with E-state index in [9.17, 15) is 4.79 Å². The minimum Gasteiger partial charge on any atom is -0.351 e. The lowest BCUT2D eigenvalue weighted by atomic mass is 9.88. The van der Waals surface area contributed by atoms with Crippen LogP contribution in [0.3, 0.4) is 0 Å². The molecule has 0 atom stereocenters. The first kappa shape index (κ1) is 15.0. The van der Waals surface area contributed by atoms with Gasteiger partial charge in [0.1, 0.15) is 0 Å². The number of carbonyl (C=O) groups is 1. The Morgan fingerprint density at radius 3 is 2.72 bits per heavy atom. The number of nitrogens with zero attached hydrogens (tertiary/aromatic N) is 1. The molecule has 100 valence electrons. The van der Waals surface area contributed by atoms with E-state index in [1.165, 1.54) is 0 Å². The second-order valence-corrected chi connectivity index (χ2v) is 5.71. The van der Waals surface area contributed by atoms with E-state index < -0.39 is 0 Å². The Morgan fingerprint density at radius 1 is 1.44 bits per heavy atom. The summed E-state index contributed by atoms with van der Waals surface area (Å²) in [6.07, 6.45) is 3.58. The van der Waals surface area contributed by atoms with Crippen LogP contribution in [-0.4, -0.2) is 23.3 Å². The van der Waals surface area contributed by atoms with Crippen LogP contribution in [0.4, 0.5) is 0 Å². The van der Waals surface area contributed by atoms with E-state index >= 15 is 0 Å². The fourth-order valence-electron chi connectivity index (χ4n) is 1.66. The Kier molecular flexibility index (Phi) is 5.60. The maximum absolute atomic E-state index is 11.9. The Balaban J connectivity index is 2.48. The van der Waals surface area contributed by atoms with Gasteiger partial charge in [0, 0.05) is 24.3 Å². The van der Waals surface area contributed by atoms with Crippen LogP contribution in [0.15, 0.2) is 18.3 Å². The number of nitrogens with one attached hydrogen (secondary N) is 1. The summed E-state index contributed by atoms with van der Waals surface area (Å²) in [7, 11) is 0. The van der Waals surface area contributed by atoms with Gasteiger partial charge in [-0.15, -0.1) is 11.6 Å². The zero-order valence-electron chi connectivity index (χ0n) is 11.3. The number of carbonyl (C=O) groups excluding carboxylic acids is 1. The first-order chi connectivity index (χ1) is 8.44. The second-order valence-electron chi connectivity index (χ2n) is 5.33. The van der Waals surface area contributed by atoms with Crippen molar-refractivity contribution in [1.29, 1.82) is 0 Å². The highest BCUT2D eigenvalue weighted by atomic mass is 35.5. The summed E-state index contributed by atoms with van der Waals surface area (Å²) in [5.41, 5.74) is 1.59. The fourth-order valence-corrected chi connectivity index (χ4v) is 1.79. The molecule has 1 heterocycles.